The first kappa shape index (κ1) is 13.9. The van der Waals surface area contributed by atoms with Crippen LogP contribution in [0, 0.1) is 11.3 Å². The van der Waals surface area contributed by atoms with Crippen molar-refractivity contribution in [3.63, 3.8) is 0 Å². The molecule has 15 heavy (non-hydrogen) atoms. The summed E-state index contributed by atoms with van der Waals surface area (Å²) in [7, 11) is 0. The Bertz CT molecular complexity index is 205. The Balaban J connectivity index is 2.91. The van der Waals surface area contributed by atoms with Gasteiger partial charge in [0.05, 0.1) is 19.8 Å². The van der Waals surface area contributed by atoms with E-state index in [2.05, 4.69) is 31.9 Å². The summed E-state index contributed by atoms with van der Waals surface area (Å²) in [4.78, 5) is 0. The minimum Gasteiger partial charge on any atom is -0.396 e. The van der Waals surface area contributed by atoms with Crippen molar-refractivity contribution >= 4 is 31.9 Å². The van der Waals surface area contributed by atoms with Gasteiger partial charge in [0.15, 0.2) is 0 Å². The minimum absolute atomic E-state index is 0.0346. The molecule has 5 heteroatoms. The number of alkyl halides is 2. The summed E-state index contributed by atoms with van der Waals surface area (Å²) in [6.07, 6.45) is 3.81. The van der Waals surface area contributed by atoms with E-state index in [9.17, 15) is 15.3 Å². The summed E-state index contributed by atoms with van der Waals surface area (Å²) in [5.74, 6) is 0.0405. The smallest absolute Gasteiger partial charge is 0.107 e. The Kier molecular flexibility index (Phi) is 5.05. The van der Waals surface area contributed by atoms with Crippen LogP contribution < -0.4 is 0 Å². The molecule has 3 N–H and O–H groups in total. The van der Waals surface area contributed by atoms with E-state index in [0.29, 0.717) is 0 Å². The standard InChI is InChI=1S/C10H18Br2O3/c11-10(12,7-15)8-3-1-2-4-9(8,5-13)6-14/h8,13-15H,1-7H2. The topological polar surface area (TPSA) is 60.7 Å². The van der Waals surface area contributed by atoms with Gasteiger partial charge in [-0.05, 0) is 18.8 Å². The van der Waals surface area contributed by atoms with Gasteiger partial charge in [-0.3, -0.25) is 0 Å². The molecule has 0 radical (unpaired) electrons. The Morgan fingerprint density at radius 1 is 1.13 bits per heavy atom. The third kappa shape index (κ3) is 2.75. The first-order valence-electron chi connectivity index (χ1n) is 5.23. The lowest BCUT2D eigenvalue weighted by Crippen LogP contribution is -2.49. The van der Waals surface area contributed by atoms with E-state index < -0.39 is 8.65 Å². The zero-order valence-electron chi connectivity index (χ0n) is 8.62. The van der Waals surface area contributed by atoms with E-state index in [0.717, 1.165) is 25.7 Å². The third-order valence-electron chi connectivity index (χ3n) is 3.51. The van der Waals surface area contributed by atoms with Crippen LogP contribution in [0.5, 0.6) is 0 Å². The molecule has 1 unspecified atom stereocenters. The molecule has 1 fully saturated rings. The van der Waals surface area contributed by atoms with Gasteiger partial charge >= 0.3 is 0 Å². The lowest BCUT2D eigenvalue weighted by Gasteiger charge is -2.47. The monoisotopic (exact) mass is 344 g/mol. The number of aliphatic hydroxyl groups excluding tert-OH is 3. The molecule has 0 aromatic carbocycles. The van der Waals surface area contributed by atoms with Crippen LogP contribution in [0.1, 0.15) is 25.7 Å². The minimum atomic E-state index is -0.591. The van der Waals surface area contributed by atoms with E-state index in [-0.39, 0.29) is 25.7 Å². The second-order valence-corrected chi connectivity index (χ2v) is 8.29. The molecule has 1 aliphatic carbocycles. The molecule has 0 amide bonds. The SMILES string of the molecule is OCC(Br)(Br)C1CCCCC1(CO)CO. The van der Waals surface area contributed by atoms with Gasteiger partial charge in [-0.2, -0.15) is 0 Å². The molecule has 0 spiro atoms. The Hall–Kier alpha value is 0.840. The number of aliphatic hydroxyl groups is 3. The average molecular weight is 346 g/mol. The highest BCUT2D eigenvalue weighted by atomic mass is 79.9. The molecule has 3 nitrogen and oxygen atoms in total. The van der Waals surface area contributed by atoms with Crippen molar-refractivity contribution in [2.45, 2.75) is 28.9 Å². The van der Waals surface area contributed by atoms with E-state index in [1.165, 1.54) is 0 Å². The van der Waals surface area contributed by atoms with E-state index in [1.807, 2.05) is 0 Å². The lowest BCUT2D eigenvalue weighted by atomic mass is 9.66. The molecule has 0 bridgehead atoms. The zero-order chi connectivity index (χ0) is 11.5. The molecule has 1 saturated carbocycles. The van der Waals surface area contributed by atoms with Crippen LogP contribution in [0.3, 0.4) is 0 Å². The van der Waals surface area contributed by atoms with Crippen molar-refractivity contribution in [1.29, 1.82) is 0 Å². The number of hydrogen-bond acceptors (Lipinski definition) is 3. The van der Waals surface area contributed by atoms with E-state index >= 15 is 0 Å². The second-order valence-electron chi connectivity index (χ2n) is 4.40. The van der Waals surface area contributed by atoms with Crippen molar-refractivity contribution in [3.8, 4) is 0 Å². The molecule has 0 aromatic heterocycles. The predicted octanol–water partition coefficient (Wildman–Crippen LogP) is 1.63. The maximum atomic E-state index is 9.49. The summed E-state index contributed by atoms with van der Waals surface area (Å²) in [6.45, 7) is -0.125. The van der Waals surface area contributed by atoms with Gasteiger partial charge < -0.3 is 15.3 Å². The Labute approximate surface area is 107 Å². The van der Waals surface area contributed by atoms with Crippen molar-refractivity contribution < 1.29 is 15.3 Å². The van der Waals surface area contributed by atoms with Gasteiger partial charge in [-0.25, -0.2) is 0 Å². The molecule has 0 aromatic rings. The molecule has 90 valence electrons. The Morgan fingerprint density at radius 3 is 2.20 bits per heavy atom. The van der Waals surface area contributed by atoms with Crippen LogP contribution in [0.2, 0.25) is 0 Å². The van der Waals surface area contributed by atoms with E-state index in [1.54, 1.807) is 0 Å². The number of halogens is 2. The highest BCUT2D eigenvalue weighted by Crippen LogP contribution is 2.51. The summed E-state index contributed by atoms with van der Waals surface area (Å²) in [5, 5.41) is 28.3. The van der Waals surface area contributed by atoms with Crippen molar-refractivity contribution in [3.05, 3.63) is 0 Å². The lowest BCUT2D eigenvalue weighted by molar-refractivity contribution is -0.0324. The van der Waals surface area contributed by atoms with Gasteiger partial charge in [-0.15, -0.1) is 0 Å². The predicted molar refractivity (Wildman–Crippen MR) is 66.2 cm³/mol. The molecular weight excluding hydrogens is 328 g/mol. The van der Waals surface area contributed by atoms with Crippen molar-refractivity contribution in [2.24, 2.45) is 11.3 Å². The van der Waals surface area contributed by atoms with Crippen LogP contribution in [0.25, 0.3) is 0 Å². The van der Waals surface area contributed by atoms with Crippen molar-refractivity contribution in [1.82, 2.24) is 0 Å². The molecule has 1 atom stereocenters. The number of hydrogen-bond donors (Lipinski definition) is 3. The maximum Gasteiger partial charge on any atom is 0.107 e. The normalized spacial score (nSPS) is 26.6. The molecule has 1 rings (SSSR count). The summed E-state index contributed by atoms with van der Waals surface area (Å²) in [5.41, 5.74) is -0.478. The Morgan fingerprint density at radius 2 is 1.73 bits per heavy atom. The highest BCUT2D eigenvalue weighted by Gasteiger charge is 2.49. The molecule has 0 saturated heterocycles. The first-order chi connectivity index (χ1) is 7.02. The maximum absolute atomic E-state index is 9.49. The fourth-order valence-corrected chi connectivity index (χ4v) is 3.93. The summed E-state index contributed by atoms with van der Waals surface area (Å²) in [6, 6.07) is 0. The molecule has 1 aliphatic rings. The fourth-order valence-electron chi connectivity index (χ4n) is 2.50. The first-order valence-corrected chi connectivity index (χ1v) is 6.81. The quantitative estimate of drug-likeness (QED) is 0.678. The van der Waals surface area contributed by atoms with Crippen LogP contribution in [0.15, 0.2) is 0 Å². The van der Waals surface area contributed by atoms with Gasteiger partial charge in [0.25, 0.3) is 0 Å². The van der Waals surface area contributed by atoms with Gasteiger partial charge in [-0.1, -0.05) is 44.7 Å². The van der Waals surface area contributed by atoms with Gasteiger partial charge in [0.1, 0.15) is 3.23 Å². The third-order valence-corrected chi connectivity index (χ3v) is 5.11. The average Bonchev–Trinajstić information content (AvgIpc) is 2.28. The van der Waals surface area contributed by atoms with E-state index in [4.69, 9.17) is 0 Å². The fraction of sp³-hybridized carbons (Fsp3) is 1.00. The molecule has 0 aliphatic heterocycles. The van der Waals surface area contributed by atoms with Crippen LogP contribution in [-0.2, 0) is 0 Å². The van der Waals surface area contributed by atoms with Gasteiger partial charge in [0.2, 0.25) is 0 Å². The number of rotatable bonds is 4. The van der Waals surface area contributed by atoms with Crippen molar-refractivity contribution in [2.75, 3.05) is 19.8 Å². The second kappa shape index (κ2) is 5.45. The van der Waals surface area contributed by atoms with Crippen LogP contribution >= 0.6 is 31.9 Å². The zero-order valence-corrected chi connectivity index (χ0v) is 11.8. The largest absolute Gasteiger partial charge is 0.396 e. The van der Waals surface area contributed by atoms with Crippen LogP contribution in [0.4, 0.5) is 0 Å². The van der Waals surface area contributed by atoms with Crippen LogP contribution in [-0.4, -0.2) is 38.4 Å². The van der Waals surface area contributed by atoms with Gasteiger partial charge in [0, 0.05) is 5.41 Å². The molecular formula is C10H18Br2O3. The highest BCUT2D eigenvalue weighted by molar-refractivity contribution is 9.25. The summed E-state index contributed by atoms with van der Waals surface area (Å²) < 4.78 is -0.591. The summed E-state index contributed by atoms with van der Waals surface area (Å²) >= 11 is 6.89. The molecule has 0 heterocycles.